The molecular formula is C27H29FN4O4. The number of rotatable bonds is 13. The van der Waals surface area contributed by atoms with Crippen molar-refractivity contribution < 1.29 is 23.7 Å². The minimum Gasteiger partial charge on any atom is -0.460 e. The molecule has 0 spiro atoms. The molecular weight excluding hydrogens is 463 g/mol. The maximum Gasteiger partial charge on any atom is 0.336 e. The van der Waals surface area contributed by atoms with Gasteiger partial charge in [-0.05, 0) is 54.1 Å². The predicted molar refractivity (Wildman–Crippen MR) is 135 cm³/mol. The van der Waals surface area contributed by atoms with Crippen molar-refractivity contribution in [1.82, 2.24) is 14.8 Å². The summed E-state index contributed by atoms with van der Waals surface area (Å²) in [6.45, 7) is 1.74. The third-order valence-corrected chi connectivity index (χ3v) is 5.28. The third kappa shape index (κ3) is 7.11. The monoisotopic (exact) mass is 492 g/mol. The predicted octanol–water partition coefficient (Wildman–Crippen LogP) is 4.09. The fourth-order valence-electron chi connectivity index (χ4n) is 3.44. The summed E-state index contributed by atoms with van der Waals surface area (Å²) in [7, 11) is 1.59. The molecule has 4 rings (SSSR count). The van der Waals surface area contributed by atoms with Crippen molar-refractivity contribution >= 4 is 5.69 Å². The highest BCUT2D eigenvalue weighted by molar-refractivity contribution is 5.59. The van der Waals surface area contributed by atoms with Crippen LogP contribution in [-0.4, -0.2) is 59.5 Å². The smallest absolute Gasteiger partial charge is 0.336 e. The summed E-state index contributed by atoms with van der Waals surface area (Å²) >= 11 is 0. The van der Waals surface area contributed by atoms with E-state index in [1.54, 1.807) is 23.9 Å². The molecule has 0 amide bonds. The number of nitrogens with one attached hydrogen (secondary N) is 1. The van der Waals surface area contributed by atoms with Crippen molar-refractivity contribution in [3.8, 4) is 23.1 Å². The zero-order chi connectivity index (χ0) is 25.2. The minimum atomic E-state index is -0.652. The van der Waals surface area contributed by atoms with Crippen LogP contribution in [0, 0.1) is 5.82 Å². The van der Waals surface area contributed by atoms with E-state index in [2.05, 4.69) is 15.4 Å². The molecule has 1 atom stereocenters. The lowest BCUT2D eigenvalue weighted by molar-refractivity contribution is 0.0348. The van der Waals surface area contributed by atoms with Crippen LogP contribution in [0.1, 0.15) is 5.56 Å². The Kier molecular flexibility index (Phi) is 8.98. The summed E-state index contributed by atoms with van der Waals surface area (Å²) in [6, 6.07) is 23.6. The van der Waals surface area contributed by atoms with E-state index >= 15 is 0 Å². The van der Waals surface area contributed by atoms with Gasteiger partial charge < -0.3 is 24.6 Å². The van der Waals surface area contributed by atoms with Crippen LogP contribution >= 0.6 is 0 Å². The first-order valence-corrected chi connectivity index (χ1v) is 11.6. The van der Waals surface area contributed by atoms with E-state index in [0.29, 0.717) is 37.8 Å². The summed E-state index contributed by atoms with van der Waals surface area (Å²) in [5.74, 6) is 0.193. The Morgan fingerprint density at radius 1 is 0.972 bits per heavy atom. The number of benzene rings is 3. The van der Waals surface area contributed by atoms with Crippen LogP contribution in [0.3, 0.4) is 0 Å². The van der Waals surface area contributed by atoms with Gasteiger partial charge >= 0.3 is 6.01 Å². The van der Waals surface area contributed by atoms with Crippen molar-refractivity contribution in [3.05, 3.63) is 90.2 Å². The molecule has 8 nitrogen and oxygen atoms in total. The number of aromatic nitrogens is 3. The van der Waals surface area contributed by atoms with Crippen molar-refractivity contribution in [2.45, 2.75) is 12.7 Å². The zero-order valence-electron chi connectivity index (χ0n) is 20.0. The molecule has 3 aromatic carbocycles. The number of aliphatic hydroxyl groups is 1. The third-order valence-electron chi connectivity index (χ3n) is 5.28. The second-order valence-electron chi connectivity index (χ2n) is 8.06. The Balaban J connectivity index is 1.38. The SMILES string of the molecule is COCCOc1nc(-c2ccc(F)cc2)n(-c2ccc(NC[C@H](O)COCc3ccccc3)cc2)n1. The van der Waals surface area contributed by atoms with Gasteiger partial charge in [0.15, 0.2) is 5.82 Å². The summed E-state index contributed by atoms with van der Waals surface area (Å²) in [4.78, 5) is 4.48. The Hall–Kier alpha value is -3.79. The molecule has 36 heavy (non-hydrogen) atoms. The molecule has 0 aliphatic carbocycles. The van der Waals surface area contributed by atoms with E-state index in [4.69, 9.17) is 14.2 Å². The van der Waals surface area contributed by atoms with Crippen molar-refractivity contribution in [1.29, 1.82) is 0 Å². The van der Waals surface area contributed by atoms with Crippen LogP contribution in [0.25, 0.3) is 17.1 Å². The number of methoxy groups -OCH3 is 1. The lowest BCUT2D eigenvalue weighted by Gasteiger charge is -2.14. The molecule has 0 aliphatic heterocycles. The molecule has 0 unspecified atom stereocenters. The molecule has 0 saturated heterocycles. The molecule has 0 fully saturated rings. The second-order valence-corrected chi connectivity index (χ2v) is 8.06. The van der Waals surface area contributed by atoms with E-state index < -0.39 is 6.10 Å². The van der Waals surface area contributed by atoms with Gasteiger partial charge in [0.2, 0.25) is 0 Å². The van der Waals surface area contributed by atoms with Crippen LogP contribution < -0.4 is 10.1 Å². The summed E-state index contributed by atoms with van der Waals surface area (Å²) in [5.41, 5.74) is 3.35. The van der Waals surface area contributed by atoms with Crippen molar-refractivity contribution in [3.63, 3.8) is 0 Å². The number of hydrogen-bond acceptors (Lipinski definition) is 7. The maximum atomic E-state index is 13.4. The number of anilines is 1. The average Bonchev–Trinajstić information content (AvgIpc) is 3.33. The molecule has 1 heterocycles. The van der Waals surface area contributed by atoms with Gasteiger partial charge in [-0.2, -0.15) is 4.98 Å². The first-order chi connectivity index (χ1) is 17.6. The lowest BCUT2D eigenvalue weighted by Crippen LogP contribution is -2.24. The Morgan fingerprint density at radius 3 is 2.44 bits per heavy atom. The van der Waals surface area contributed by atoms with Crippen LogP contribution in [0.15, 0.2) is 78.9 Å². The molecule has 0 bridgehead atoms. The molecule has 188 valence electrons. The Labute approximate surface area is 209 Å². The van der Waals surface area contributed by atoms with E-state index in [-0.39, 0.29) is 18.4 Å². The zero-order valence-corrected chi connectivity index (χ0v) is 20.0. The second kappa shape index (κ2) is 12.8. The topological polar surface area (TPSA) is 90.7 Å². The quantitative estimate of drug-likeness (QED) is 0.272. The van der Waals surface area contributed by atoms with Crippen molar-refractivity contribution in [2.75, 3.05) is 38.8 Å². The van der Waals surface area contributed by atoms with Crippen LogP contribution in [-0.2, 0) is 16.1 Å². The van der Waals surface area contributed by atoms with E-state index in [0.717, 1.165) is 16.9 Å². The lowest BCUT2D eigenvalue weighted by atomic mass is 10.2. The summed E-state index contributed by atoms with van der Waals surface area (Å²) in [5, 5.41) is 17.9. The molecule has 2 N–H and O–H groups in total. The van der Waals surface area contributed by atoms with Crippen molar-refractivity contribution in [2.24, 2.45) is 0 Å². The van der Waals surface area contributed by atoms with Gasteiger partial charge in [-0.25, -0.2) is 9.07 Å². The molecule has 0 radical (unpaired) electrons. The highest BCUT2D eigenvalue weighted by Gasteiger charge is 2.15. The highest BCUT2D eigenvalue weighted by Crippen LogP contribution is 2.24. The van der Waals surface area contributed by atoms with E-state index in [9.17, 15) is 9.50 Å². The van der Waals surface area contributed by atoms with E-state index in [1.165, 1.54) is 12.1 Å². The van der Waals surface area contributed by atoms with Crippen LogP contribution in [0.4, 0.5) is 10.1 Å². The average molecular weight is 493 g/mol. The molecule has 0 saturated carbocycles. The van der Waals surface area contributed by atoms with Crippen LogP contribution in [0.5, 0.6) is 6.01 Å². The van der Waals surface area contributed by atoms with Gasteiger partial charge in [0, 0.05) is 24.9 Å². The highest BCUT2D eigenvalue weighted by atomic mass is 19.1. The number of hydrogen-bond donors (Lipinski definition) is 2. The number of aliphatic hydroxyl groups excluding tert-OH is 1. The van der Waals surface area contributed by atoms with Gasteiger partial charge in [0.1, 0.15) is 12.4 Å². The fourth-order valence-corrected chi connectivity index (χ4v) is 3.44. The number of halogens is 1. The van der Waals surface area contributed by atoms with Crippen LogP contribution in [0.2, 0.25) is 0 Å². The molecule has 4 aromatic rings. The maximum absolute atomic E-state index is 13.4. The first kappa shape index (κ1) is 25.3. The molecule has 0 aliphatic rings. The first-order valence-electron chi connectivity index (χ1n) is 11.6. The largest absolute Gasteiger partial charge is 0.460 e. The summed E-state index contributed by atoms with van der Waals surface area (Å²) in [6.07, 6.45) is -0.652. The van der Waals surface area contributed by atoms with Gasteiger partial charge in [0.25, 0.3) is 0 Å². The van der Waals surface area contributed by atoms with Gasteiger partial charge in [0.05, 0.1) is 31.6 Å². The summed E-state index contributed by atoms with van der Waals surface area (Å²) < 4.78 is 31.3. The fraction of sp³-hybridized carbons (Fsp3) is 0.259. The molecule has 1 aromatic heterocycles. The minimum absolute atomic E-state index is 0.201. The van der Waals surface area contributed by atoms with Gasteiger partial charge in [-0.1, -0.05) is 30.3 Å². The van der Waals surface area contributed by atoms with Gasteiger partial charge in [-0.15, -0.1) is 5.10 Å². The standard InChI is InChI=1S/C27H29FN4O4/c1-34-15-16-36-27-30-26(21-7-9-22(28)10-8-21)32(31-27)24-13-11-23(12-14-24)29-17-25(33)19-35-18-20-5-3-2-4-6-20/h2-14,25,29,33H,15-19H2,1H3/t25-/m0/s1. The number of ether oxygens (including phenoxy) is 3. The Morgan fingerprint density at radius 2 is 1.72 bits per heavy atom. The molecule has 9 heteroatoms. The normalized spacial score (nSPS) is 11.9. The Bertz CT molecular complexity index is 1200. The number of nitrogens with zero attached hydrogens (tertiary/aromatic N) is 3. The van der Waals surface area contributed by atoms with E-state index in [1.807, 2.05) is 54.6 Å². The van der Waals surface area contributed by atoms with Gasteiger partial charge in [-0.3, -0.25) is 0 Å².